The average Bonchev–Trinajstić information content (AvgIpc) is 3.02. The van der Waals surface area contributed by atoms with Crippen molar-refractivity contribution in [2.24, 2.45) is 4.36 Å². The minimum atomic E-state index is -4.32. The largest absolute Gasteiger partial charge is 1.00 e. The number of rotatable bonds is 7. The van der Waals surface area contributed by atoms with Crippen LogP contribution in [0.5, 0.6) is 0 Å². The molecule has 1 aromatic carbocycles. The average molecular weight is 540 g/mol. The van der Waals surface area contributed by atoms with Crippen molar-refractivity contribution in [2.45, 2.75) is 69.6 Å². The monoisotopic (exact) mass is 539 g/mol. The maximum Gasteiger partial charge on any atom is 1.00 e. The summed E-state index contributed by atoms with van der Waals surface area (Å²) in [5, 5.41) is 0. The molecule has 0 unspecified atom stereocenters. The third-order valence-electron chi connectivity index (χ3n) is 6.35. The molecule has 1 aromatic rings. The van der Waals surface area contributed by atoms with Gasteiger partial charge in [-0.1, -0.05) is 62.4 Å². The molecule has 0 atom stereocenters. The van der Waals surface area contributed by atoms with Crippen LogP contribution in [0.2, 0.25) is 0 Å². The molecule has 1 N–H and O–H groups in total. The summed E-state index contributed by atoms with van der Waals surface area (Å²) in [7, 11) is -6.71. The van der Waals surface area contributed by atoms with Gasteiger partial charge in [-0.15, -0.1) is 0 Å². The van der Waals surface area contributed by atoms with Crippen LogP contribution in [0, 0.1) is 0 Å². The second-order valence-electron chi connectivity index (χ2n) is 9.16. The summed E-state index contributed by atoms with van der Waals surface area (Å²) >= 11 is 0. The van der Waals surface area contributed by atoms with Crippen molar-refractivity contribution in [3.63, 3.8) is 0 Å². The number of nitrogens with zero attached hydrogens (tertiary/aromatic N) is 1. The number of unbranched alkanes of at least 4 members (excludes halogenated alkanes) is 1. The molecular weight excluding hydrogens is 505 g/mol. The molecule has 0 saturated heterocycles. The third-order valence-corrected chi connectivity index (χ3v) is 7.63. The van der Waals surface area contributed by atoms with Crippen molar-refractivity contribution < 1.29 is 52.4 Å². The zero-order valence-corrected chi connectivity index (χ0v) is 24.9. The van der Waals surface area contributed by atoms with Gasteiger partial charge in [-0.3, -0.25) is 4.55 Å². The Morgan fingerprint density at radius 1 is 0.944 bits per heavy atom. The smallest absolute Gasteiger partial charge is 1.00 e. The van der Waals surface area contributed by atoms with Gasteiger partial charge in [-0.05, 0) is 84.7 Å². The maximum absolute atomic E-state index is 11.7. The van der Waals surface area contributed by atoms with Gasteiger partial charge in [0.15, 0.2) is 0 Å². The van der Waals surface area contributed by atoms with Crippen molar-refractivity contribution in [1.29, 1.82) is 0 Å². The Labute approximate surface area is 240 Å². The van der Waals surface area contributed by atoms with Gasteiger partial charge in [0.05, 0.1) is 6.54 Å². The van der Waals surface area contributed by atoms with E-state index in [1.165, 1.54) is 31.7 Å². The minimum absolute atomic E-state index is 0. The van der Waals surface area contributed by atoms with Gasteiger partial charge in [0, 0.05) is 5.56 Å². The first kappa shape index (κ1) is 30.7. The van der Waals surface area contributed by atoms with Crippen molar-refractivity contribution in [1.82, 2.24) is 0 Å². The van der Waals surface area contributed by atoms with E-state index < -0.39 is 20.6 Å². The van der Waals surface area contributed by atoms with Gasteiger partial charge in [-0.2, -0.15) is 21.2 Å². The molecule has 0 radical (unpaired) electrons. The van der Waals surface area contributed by atoms with Crippen LogP contribution in [-0.2, 0) is 39.9 Å². The summed E-state index contributed by atoms with van der Waals surface area (Å²) < 4.78 is 57.1. The zero-order chi connectivity index (χ0) is 25.4. The minimum Gasteiger partial charge on any atom is -1.00 e. The number of hydrogen-bond donors (Lipinski definition) is 1. The Bertz CT molecular complexity index is 1340. The fourth-order valence-electron chi connectivity index (χ4n) is 4.45. The molecule has 0 bridgehead atoms. The molecule has 0 spiro atoms. The van der Waals surface area contributed by atoms with Crippen molar-refractivity contribution in [2.75, 3.05) is 6.54 Å². The van der Waals surface area contributed by atoms with Crippen LogP contribution in [0.15, 0.2) is 63.9 Å². The fourth-order valence-corrected chi connectivity index (χ4v) is 5.48. The van der Waals surface area contributed by atoms with Crippen LogP contribution in [0.1, 0.15) is 69.1 Å². The maximum atomic E-state index is 11.7. The molecule has 0 saturated carbocycles. The van der Waals surface area contributed by atoms with Crippen molar-refractivity contribution >= 4 is 20.6 Å². The van der Waals surface area contributed by atoms with Gasteiger partial charge in [0.1, 0.15) is 4.90 Å². The van der Waals surface area contributed by atoms with Crippen molar-refractivity contribution in [3.8, 4) is 11.1 Å². The van der Waals surface area contributed by atoms with Gasteiger partial charge < -0.3 is 1.43 Å². The Balaban J connectivity index is 0.000000476. The molecule has 3 aliphatic carbocycles. The van der Waals surface area contributed by atoms with Crippen LogP contribution in [0.3, 0.4) is 0 Å². The number of fused-ring (bicyclic) bond motifs is 2. The quantitative estimate of drug-likeness (QED) is 0.282. The van der Waals surface area contributed by atoms with E-state index in [0.717, 1.165) is 16.7 Å². The SMILES string of the molecule is CC(C)c1ccc2c(CCCCN=S(=O)=O)cc(S(=O)(=O)O)c-2cc1.[H-].[Na+].c1ccc2c(c1)CCCC2. The summed E-state index contributed by atoms with van der Waals surface area (Å²) in [4.78, 5) is -0.0891. The Morgan fingerprint density at radius 2 is 1.53 bits per heavy atom. The van der Waals surface area contributed by atoms with Gasteiger partial charge in [-0.25, -0.2) is 0 Å². The standard InChI is InChI=1S/C17H21NO5S2.C10H12.Na.H/c1-12(2)13-6-8-15-14(5-3-4-10-18-24(19)20)11-17(25(21,22)23)16(15)9-7-13;1-2-6-10-8-4-3-7-9(10)5-1;;/h6-9,11-12H,3-5,10H2,1-2H3,(H,21,22,23);1-2,5-6H,3-4,7-8H2;;/q;;+1;-1. The normalized spacial score (nSPS) is 12.8. The molecule has 0 fully saturated rings. The first-order valence-electron chi connectivity index (χ1n) is 12.0. The molecule has 0 aromatic heterocycles. The summed E-state index contributed by atoms with van der Waals surface area (Å²) in [5.74, 6) is 0.295. The molecule has 3 aliphatic rings. The number of benzene rings is 1. The summed E-state index contributed by atoms with van der Waals surface area (Å²) in [6.07, 6.45) is 7.20. The molecule has 0 aliphatic heterocycles. The molecule has 0 amide bonds. The Morgan fingerprint density at radius 3 is 2.06 bits per heavy atom. The second kappa shape index (κ2) is 14.4. The van der Waals surface area contributed by atoms with Crippen molar-refractivity contribution in [3.05, 3.63) is 76.9 Å². The Kier molecular flexibility index (Phi) is 12.3. The van der Waals surface area contributed by atoms with E-state index in [4.69, 9.17) is 0 Å². The van der Waals surface area contributed by atoms with E-state index >= 15 is 0 Å². The topological polar surface area (TPSA) is 101 Å². The number of aryl methyl sites for hydroxylation is 3. The van der Waals surface area contributed by atoms with Crippen LogP contribution >= 0.6 is 0 Å². The summed E-state index contributed by atoms with van der Waals surface area (Å²) in [6.45, 7) is 4.31. The zero-order valence-electron chi connectivity index (χ0n) is 22.3. The van der Waals surface area contributed by atoms with Crippen LogP contribution in [0.4, 0.5) is 0 Å². The summed E-state index contributed by atoms with van der Waals surface area (Å²) in [6, 6.07) is 17.7. The fraction of sp³-hybridized carbons (Fsp3) is 0.407. The molecule has 4 rings (SSSR count). The van der Waals surface area contributed by atoms with E-state index in [1.807, 2.05) is 32.0 Å². The van der Waals surface area contributed by atoms with Gasteiger partial charge >= 0.3 is 40.1 Å². The molecular formula is C27H34NNaO5S2. The van der Waals surface area contributed by atoms with E-state index in [9.17, 15) is 21.4 Å². The second-order valence-corrected chi connectivity index (χ2v) is 11.2. The third kappa shape index (κ3) is 8.78. The van der Waals surface area contributed by atoms with E-state index in [0.29, 0.717) is 30.7 Å². The first-order chi connectivity index (χ1) is 16.7. The van der Waals surface area contributed by atoms with E-state index in [2.05, 4.69) is 28.6 Å². The molecule has 9 heteroatoms. The molecule has 0 heterocycles. The Hall–Kier alpha value is -1.55. The van der Waals surface area contributed by atoms with Crippen LogP contribution in [0.25, 0.3) is 11.1 Å². The predicted octanol–water partition coefficient (Wildman–Crippen LogP) is 3.23. The first-order valence-corrected chi connectivity index (χ1v) is 14.5. The molecule has 190 valence electrons. The van der Waals surface area contributed by atoms with Crippen LogP contribution < -0.4 is 29.6 Å². The summed E-state index contributed by atoms with van der Waals surface area (Å²) in [5.41, 5.74) is 6.32. The van der Waals surface area contributed by atoms with E-state index in [1.54, 1.807) is 17.2 Å². The van der Waals surface area contributed by atoms with E-state index in [-0.39, 0.29) is 42.4 Å². The van der Waals surface area contributed by atoms with Gasteiger partial charge in [0.2, 0.25) is 0 Å². The molecule has 6 nitrogen and oxygen atoms in total. The van der Waals surface area contributed by atoms with Crippen LogP contribution in [-0.4, -0.2) is 27.9 Å². The molecule has 36 heavy (non-hydrogen) atoms. The number of hydrogen-bond acceptors (Lipinski definition) is 5. The van der Waals surface area contributed by atoms with Gasteiger partial charge in [0.25, 0.3) is 10.1 Å². The predicted molar refractivity (Wildman–Crippen MR) is 140 cm³/mol.